The fourth-order valence-electron chi connectivity index (χ4n) is 1.72. The second-order valence-electron chi connectivity index (χ2n) is 3.85. The molecule has 0 saturated heterocycles. The fraction of sp³-hybridized carbons (Fsp3) is 0. The van der Waals surface area contributed by atoms with E-state index in [0.717, 1.165) is 11.1 Å². The van der Waals surface area contributed by atoms with Crippen molar-refractivity contribution in [1.82, 2.24) is 4.98 Å². The third-order valence-corrected chi connectivity index (χ3v) is 2.57. The van der Waals surface area contributed by atoms with Gasteiger partial charge in [-0.15, -0.1) is 0 Å². The zero-order chi connectivity index (χ0) is 13.8. The molecule has 0 saturated carbocycles. The summed E-state index contributed by atoms with van der Waals surface area (Å²) in [5.41, 5.74) is 1.75. The van der Waals surface area contributed by atoms with E-state index >= 15 is 0 Å². The van der Waals surface area contributed by atoms with E-state index in [4.69, 9.17) is 5.11 Å². The molecule has 0 aliphatic rings. The highest BCUT2D eigenvalue weighted by atomic mass is 16.4. The standard InChI is InChI=1S/C12H11BN2O4/c16-12(17)15-11-6-8(3-4-10(11)13(18)19)9-2-1-5-14-7-9/h1-7,15,18-19H,(H,16,17). The van der Waals surface area contributed by atoms with Gasteiger partial charge in [0.15, 0.2) is 0 Å². The van der Waals surface area contributed by atoms with Crippen LogP contribution in [0.25, 0.3) is 11.1 Å². The molecule has 19 heavy (non-hydrogen) atoms. The first-order valence-electron chi connectivity index (χ1n) is 5.48. The first-order valence-corrected chi connectivity index (χ1v) is 5.48. The van der Waals surface area contributed by atoms with Crippen molar-refractivity contribution in [3.8, 4) is 11.1 Å². The highest BCUT2D eigenvalue weighted by Gasteiger charge is 2.18. The van der Waals surface area contributed by atoms with Gasteiger partial charge in [0.05, 0.1) is 0 Å². The number of aromatic nitrogens is 1. The Morgan fingerprint density at radius 3 is 2.58 bits per heavy atom. The minimum Gasteiger partial charge on any atom is -0.465 e. The molecule has 2 rings (SSSR count). The molecule has 1 heterocycles. The van der Waals surface area contributed by atoms with Crippen LogP contribution < -0.4 is 10.8 Å². The van der Waals surface area contributed by atoms with Gasteiger partial charge < -0.3 is 15.2 Å². The van der Waals surface area contributed by atoms with E-state index in [1.165, 1.54) is 12.1 Å². The van der Waals surface area contributed by atoms with Crippen LogP contribution in [0.4, 0.5) is 10.5 Å². The third-order valence-electron chi connectivity index (χ3n) is 2.57. The molecule has 4 N–H and O–H groups in total. The number of amides is 1. The number of pyridine rings is 1. The third kappa shape index (κ3) is 3.09. The Morgan fingerprint density at radius 1 is 1.21 bits per heavy atom. The summed E-state index contributed by atoms with van der Waals surface area (Å²) in [7, 11) is -1.75. The Hall–Kier alpha value is -2.38. The van der Waals surface area contributed by atoms with Crippen LogP contribution in [0.3, 0.4) is 0 Å². The van der Waals surface area contributed by atoms with Crippen molar-refractivity contribution in [3.63, 3.8) is 0 Å². The van der Waals surface area contributed by atoms with Gasteiger partial charge in [0, 0.05) is 29.1 Å². The maximum Gasteiger partial charge on any atom is 0.490 e. The molecule has 0 spiro atoms. The minimum absolute atomic E-state index is 0.0926. The summed E-state index contributed by atoms with van der Waals surface area (Å²) < 4.78 is 0. The van der Waals surface area contributed by atoms with Crippen LogP contribution >= 0.6 is 0 Å². The van der Waals surface area contributed by atoms with E-state index in [0.29, 0.717) is 0 Å². The number of rotatable bonds is 3. The number of nitrogens with one attached hydrogen (secondary N) is 1. The van der Waals surface area contributed by atoms with Crippen LogP contribution in [0, 0.1) is 0 Å². The van der Waals surface area contributed by atoms with Gasteiger partial charge in [0.1, 0.15) is 0 Å². The van der Waals surface area contributed by atoms with Crippen molar-refractivity contribution in [2.45, 2.75) is 0 Å². The summed E-state index contributed by atoms with van der Waals surface area (Å²) in [5, 5.41) is 29.3. The monoisotopic (exact) mass is 258 g/mol. The summed E-state index contributed by atoms with van der Waals surface area (Å²) in [6.45, 7) is 0. The molecular weight excluding hydrogens is 247 g/mol. The van der Waals surface area contributed by atoms with Crippen molar-refractivity contribution >= 4 is 24.4 Å². The van der Waals surface area contributed by atoms with Crippen LogP contribution in [0.2, 0.25) is 0 Å². The van der Waals surface area contributed by atoms with Gasteiger partial charge in [-0.25, -0.2) is 4.79 Å². The van der Waals surface area contributed by atoms with Gasteiger partial charge in [-0.2, -0.15) is 0 Å². The van der Waals surface area contributed by atoms with Gasteiger partial charge in [0.2, 0.25) is 0 Å². The fourth-order valence-corrected chi connectivity index (χ4v) is 1.72. The number of hydrogen-bond donors (Lipinski definition) is 4. The number of anilines is 1. The van der Waals surface area contributed by atoms with Gasteiger partial charge in [-0.1, -0.05) is 18.2 Å². The Bertz CT molecular complexity index is 590. The lowest BCUT2D eigenvalue weighted by Gasteiger charge is -2.11. The number of hydrogen-bond acceptors (Lipinski definition) is 4. The van der Waals surface area contributed by atoms with E-state index in [1.807, 2.05) is 6.07 Å². The van der Waals surface area contributed by atoms with Crippen LogP contribution in [0.5, 0.6) is 0 Å². The van der Waals surface area contributed by atoms with Crippen molar-refractivity contribution in [2.24, 2.45) is 0 Å². The SMILES string of the molecule is O=C(O)Nc1cc(-c2cccnc2)ccc1B(O)O. The molecule has 1 aromatic carbocycles. The lowest BCUT2D eigenvalue weighted by atomic mass is 9.78. The van der Waals surface area contributed by atoms with Gasteiger partial charge >= 0.3 is 13.2 Å². The lowest BCUT2D eigenvalue weighted by Crippen LogP contribution is -2.33. The number of nitrogens with zero attached hydrogens (tertiary/aromatic N) is 1. The van der Waals surface area contributed by atoms with Crippen molar-refractivity contribution < 1.29 is 19.9 Å². The molecule has 2 aromatic rings. The molecule has 0 aliphatic heterocycles. The molecule has 0 aliphatic carbocycles. The topological polar surface area (TPSA) is 103 Å². The largest absolute Gasteiger partial charge is 0.490 e. The Balaban J connectivity index is 2.46. The van der Waals surface area contributed by atoms with E-state index in [-0.39, 0.29) is 11.2 Å². The summed E-state index contributed by atoms with van der Waals surface area (Å²) in [6.07, 6.45) is 1.99. The molecule has 0 atom stereocenters. The summed E-state index contributed by atoms with van der Waals surface area (Å²) in [4.78, 5) is 14.7. The van der Waals surface area contributed by atoms with Crippen molar-refractivity contribution in [1.29, 1.82) is 0 Å². The first-order chi connectivity index (χ1) is 9.08. The minimum atomic E-state index is -1.75. The Morgan fingerprint density at radius 2 is 2.00 bits per heavy atom. The number of carboxylic acid groups (broad SMARTS) is 1. The van der Waals surface area contributed by atoms with Gasteiger partial charge in [-0.3, -0.25) is 10.3 Å². The molecule has 0 unspecified atom stereocenters. The molecule has 6 nitrogen and oxygen atoms in total. The van der Waals surface area contributed by atoms with E-state index in [1.54, 1.807) is 24.5 Å². The van der Waals surface area contributed by atoms with Crippen LogP contribution in [0.1, 0.15) is 0 Å². The van der Waals surface area contributed by atoms with Crippen molar-refractivity contribution in [3.05, 3.63) is 42.7 Å². The highest BCUT2D eigenvalue weighted by Crippen LogP contribution is 2.20. The molecule has 1 amide bonds. The van der Waals surface area contributed by atoms with E-state index in [2.05, 4.69) is 10.3 Å². The molecule has 0 radical (unpaired) electrons. The molecule has 7 heteroatoms. The summed E-state index contributed by atoms with van der Waals surface area (Å²) >= 11 is 0. The predicted octanol–water partition coefficient (Wildman–Crippen LogP) is 0.518. The normalized spacial score (nSPS) is 10.0. The van der Waals surface area contributed by atoms with Crippen molar-refractivity contribution in [2.75, 3.05) is 5.32 Å². The zero-order valence-electron chi connectivity index (χ0n) is 9.82. The summed E-state index contributed by atoms with van der Waals surface area (Å²) in [5.74, 6) is 0. The smallest absolute Gasteiger partial charge is 0.465 e. The number of benzene rings is 1. The maximum absolute atomic E-state index is 10.7. The van der Waals surface area contributed by atoms with E-state index < -0.39 is 13.2 Å². The zero-order valence-corrected chi connectivity index (χ0v) is 9.82. The Kier molecular flexibility index (Phi) is 3.79. The van der Waals surface area contributed by atoms with Crippen LogP contribution in [0.15, 0.2) is 42.7 Å². The molecule has 0 bridgehead atoms. The second kappa shape index (κ2) is 5.51. The van der Waals surface area contributed by atoms with E-state index in [9.17, 15) is 14.8 Å². The molecule has 0 fully saturated rings. The van der Waals surface area contributed by atoms with Crippen LogP contribution in [-0.4, -0.2) is 33.4 Å². The van der Waals surface area contributed by atoms with Gasteiger partial charge in [0.25, 0.3) is 0 Å². The van der Waals surface area contributed by atoms with Crippen LogP contribution in [-0.2, 0) is 0 Å². The predicted molar refractivity (Wildman–Crippen MR) is 71.1 cm³/mol. The van der Waals surface area contributed by atoms with Gasteiger partial charge in [-0.05, 0) is 17.7 Å². The quantitative estimate of drug-likeness (QED) is 0.601. The second-order valence-corrected chi connectivity index (χ2v) is 3.85. The highest BCUT2D eigenvalue weighted by molar-refractivity contribution is 6.60. The maximum atomic E-state index is 10.7. The molecular formula is C12H11BN2O4. The first kappa shape index (κ1) is 13.1. The molecule has 96 valence electrons. The Labute approximate surface area is 109 Å². The summed E-state index contributed by atoms with van der Waals surface area (Å²) in [6, 6.07) is 8.23. The average molecular weight is 258 g/mol. The number of carbonyl (C=O) groups is 1. The molecule has 1 aromatic heterocycles. The average Bonchev–Trinajstić information content (AvgIpc) is 2.38. The lowest BCUT2D eigenvalue weighted by molar-refractivity contribution is 0.210.